The standard InChI is InChI=1S/C14H12N2O/c1-2-11-5-7-13(8-6-11)16-9-3-4-12(10-15)14(16)17/h3-9H,2H2,1H3. The van der Waals surface area contributed by atoms with Gasteiger partial charge in [-0.1, -0.05) is 19.1 Å². The highest BCUT2D eigenvalue weighted by Gasteiger charge is 2.03. The van der Waals surface area contributed by atoms with Crippen LogP contribution in [-0.4, -0.2) is 4.57 Å². The Balaban J connectivity index is 2.54. The van der Waals surface area contributed by atoms with Gasteiger partial charge in [0.05, 0.1) is 0 Å². The molecule has 2 aromatic rings. The van der Waals surface area contributed by atoms with Crippen LogP contribution in [0.4, 0.5) is 0 Å². The first-order valence-corrected chi connectivity index (χ1v) is 5.47. The summed E-state index contributed by atoms with van der Waals surface area (Å²) in [4.78, 5) is 11.9. The minimum atomic E-state index is -0.278. The predicted molar refractivity (Wildman–Crippen MR) is 66.1 cm³/mol. The Morgan fingerprint density at radius 2 is 1.94 bits per heavy atom. The molecule has 0 aliphatic rings. The molecule has 0 spiro atoms. The zero-order chi connectivity index (χ0) is 12.3. The first-order chi connectivity index (χ1) is 8.26. The lowest BCUT2D eigenvalue weighted by atomic mass is 10.1. The summed E-state index contributed by atoms with van der Waals surface area (Å²) in [6, 6.07) is 12.9. The van der Waals surface area contributed by atoms with Crippen LogP contribution in [0.25, 0.3) is 5.69 Å². The zero-order valence-electron chi connectivity index (χ0n) is 9.55. The van der Waals surface area contributed by atoms with Crippen molar-refractivity contribution < 1.29 is 0 Å². The Morgan fingerprint density at radius 1 is 1.24 bits per heavy atom. The molecule has 0 radical (unpaired) electrons. The van der Waals surface area contributed by atoms with E-state index in [0.29, 0.717) is 0 Å². The van der Waals surface area contributed by atoms with Crippen molar-refractivity contribution in [1.29, 1.82) is 5.26 Å². The number of pyridine rings is 1. The van der Waals surface area contributed by atoms with Crippen LogP contribution in [-0.2, 0) is 6.42 Å². The van der Waals surface area contributed by atoms with E-state index < -0.39 is 0 Å². The van der Waals surface area contributed by atoms with E-state index in [1.165, 1.54) is 16.2 Å². The molecule has 17 heavy (non-hydrogen) atoms. The Morgan fingerprint density at radius 3 is 2.53 bits per heavy atom. The lowest BCUT2D eigenvalue weighted by Gasteiger charge is -2.06. The highest BCUT2D eigenvalue weighted by atomic mass is 16.1. The fraction of sp³-hybridized carbons (Fsp3) is 0.143. The highest BCUT2D eigenvalue weighted by molar-refractivity contribution is 5.37. The maximum absolute atomic E-state index is 11.9. The second-order valence-electron chi connectivity index (χ2n) is 3.73. The zero-order valence-corrected chi connectivity index (χ0v) is 9.55. The second-order valence-corrected chi connectivity index (χ2v) is 3.73. The van der Waals surface area contributed by atoms with Crippen molar-refractivity contribution in [3.05, 3.63) is 64.1 Å². The molecular formula is C14H12N2O. The van der Waals surface area contributed by atoms with Gasteiger partial charge in [-0.05, 0) is 36.2 Å². The first kappa shape index (κ1) is 11.2. The maximum atomic E-state index is 11.9. The number of nitriles is 1. The highest BCUT2D eigenvalue weighted by Crippen LogP contribution is 2.08. The van der Waals surface area contributed by atoms with Gasteiger partial charge in [0.15, 0.2) is 0 Å². The summed E-state index contributed by atoms with van der Waals surface area (Å²) in [5, 5.41) is 8.81. The summed E-state index contributed by atoms with van der Waals surface area (Å²) in [5.41, 5.74) is 1.88. The lowest BCUT2D eigenvalue weighted by Crippen LogP contribution is -2.19. The molecule has 0 atom stereocenters. The number of aromatic nitrogens is 1. The van der Waals surface area contributed by atoms with Gasteiger partial charge >= 0.3 is 0 Å². The molecule has 0 saturated carbocycles. The normalized spacial score (nSPS) is 9.88. The monoisotopic (exact) mass is 224 g/mol. The molecule has 84 valence electrons. The molecule has 1 heterocycles. The van der Waals surface area contributed by atoms with Crippen LogP contribution in [0.5, 0.6) is 0 Å². The Labute approximate surface area is 99.6 Å². The van der Waals surface area contributed by atoms with Gasteiger partial charge in [-0.2, -0.15) is 5.26 Å². The molecule has 3 heteroatoms. The smallest absolute Gasteiger partial charge is 0.272 e. The minimum absolute atomic E-state index is 0.159. The number of benzene rings is 1. The number of hydrogen-bond acceptors (Lipinski definition) is 2. The van der Waals surface area contributed by atoms with E-state index in [4.69, 9.17) is 5.26 Å². The molecule has 3 nitrogen and oxygen atoms in total. The average molecular weight is 224 g/mol. The van der Waals surface area contributed by atoms with Crippen LogP contribution < -0.4 is 5.56 Å². The molecule has 0 unspecified atom stereocenters. The summed E-state index contributed by atoms with van der Waals surface area (Å²) in [6.45, 7) is 2.08. The molecule has 0 saturated heterocycles. The number of hydrogen-bond donors (Lipinski definition) is 0. The van der Waals surface area contributed by atoms with Gasteiger partial charge in [-0.25, -0.2) is 0 Å². The lowest BCUT2D eigenvalue weighted by molar-refractivity contribution is 0.978. The van der Waals surface area contributed by atoms with Gasteiger partial charge in [0.1, 0.15) is 11.6 Å². The van der Waals surface area contributed by atoms with Gasteiger partial charge in [0.25, 0.3) is 5.56 Å². The van der Waals surface area contributed by atoms with E-state index in [0.717, 1.165) is 12.1 Å². The molecule has 0 amide bonds. The second kappa shape index (κ2) is 4.67. The van der Waals surface area contributed by atoms with Crippen LogP contribution >= 0.6 is 0 Å². The fourth-order valence-electron chi connectivity index (χ4n) is 1.67. The van der Waals surface area contributed by atoms with Crippen LogP contribution in [0.1, 0.15) is 18.1 Å². The van der Waals surface area contributed by atoms with Crippen molar-refractivity contribution in [2.45, 2.75) is 13.3 Å². The van der Waals surface area contributed by atoms with Crippen LogP contribution in [0.2, 0.25) is 0 Å². The summed E-state index contributed by atoms with van der Waals surface area (Å²) in [7, 11) is 0. The van der Waals surface area contributed by atoms with Crippen LogP contribution in [0, 0.1) is 11.3 Å². The molecule has 1 aromatic heterocycles. The summed E-state index contributed by atoms with van der Waals surface area (Å²) in [5.74, 6) is 0. The van der Waals surface area contributed by atoms with E-state index >= 15 is 0 Å². The van der Waals surface area contributed by atoms with E-state index in [-0.39, 0.29) is 11.1 Å². The fourth-order valence-corrected chi connectivity index (χ4v) is 1.67. The summed E-state index contributed by atoms with van der Waals surface area (Å²) in [6.07, 6.45) is 2.64. The molecule has 0 aliphatic heterocycles. The van der Waals surface area contributed by atoms with Gasteiger partial charge in [0.2, 0.25) is 0 Å². The molecule has 0 bridgehead atoms. The average Bonchev–Trinajstić information content (AvgIpc) is 2.39. The summed E-state index contributed by atoms with van der Waals surface area (Å²) < 4.78 is 1.48. The molecular weight excluding hydrogens is 212 g/mol. The van der Waals surface area contributed by atoms with Gasteiger partial charge in [-0.3, -0.25) is 9.36 Å². The van der Waals surface area contributed by atoms with Gasteiger partial charge in [-0.15, -0.1) is 0 Å². The third-order valence-corrected chi connectivity index (χ3v) is 2.69. The van der Waals surface area contributed by atoms with Crippen LogP contribution in [0.15, 0.2) is 47.4 Å². The maximum Gasteiger partial charge on any atom is 0.272 e. The van der Waals surface area contributed by atoms with Crippen molar-refractivity contribution in [3.63, 3.8) is 0 Å². The Bertz CT molecular complexity index is 618. The third-order valence-electron chi connectivity index (χ3n) is 2.69. The molecule has 0 aliphatic carbocycles. The Kier molecular flexibility index (Phi) is 3.06. The number of aryl methyl sites for hydroxylation is 1. The van der Waals surface area contributed by atoms with E-state index in [1.807, 2.05) is 30.3 Å². The third kappa shape index (κ3) is 2.11. The molecule has 1 aromatic carbocycles. The molecule has 0 N–H and O–H groups in total. The van der Waals surface area contributed by atoms with Crippen molar-refractivity contribution >= 4 is 0 Å². The minimum Gasteiger partial charge on any atom is -0.283 e. The van der Waals surface area contributed by atoms with Crippen molar-refractivity contribution in [3.8, 4) is 11.8 Å². The largest absolute Gasteiger partial charge is 0.283 e. The quantitative estimate of drug-likeness (QED) is 0.785. The van der Waals surface area contributed by atoms with E-state index in [9.17, 15) is 4.79 Å². The van der Waals surface area contributed by atoms with Crippen LogP contribution in [0.3, 0.4) is 0 Å². The molecule has 2 rings (SSSR count). The number of nitrogens with zero attached hydrogens (tertiary/aromatic N) is 2. The van der Waals surface area contributed by atoms with Gasteiger partial charge < -0.3 is 0 Å². The Hall–Kier alpha value is -2.34. The first-order valence-electron chi connectivity index (χ1n) is 5.47. The van der Waals surface area contributed by atoms with Crippen molar-refractivity contribution in [2.24, 2.45) is 0 Å². The van der Waals surface area contributed by atoms with E-state index in [2.05, 4.69) is 6.92 Å². The SMILES string of the molecule is CCc1ccc(-n2cccc(C#N)c2=O)cc1. The van der Waals surface area contributed by atoms with Gasteiger partial charge in [0, 0.05) is 11.9 Å². The number of rotatable bonds is 2. The van der Waals surface area contributed by atoms with Crippen molar-refractivity contribution in [1.82, 2.24) is 4.57 Å². The topological polar surface area (TPSA) is 45.8 Å². The van der Waals surface area contributed by atoms with Crippen molar-refractivity contribution in [2.75, 3.05) is 0 Å². The molecule has 0 fully saturated rings. The summed E-state index contributed by atoms with van der Waals surface area (Å²) >= 11 is 0. The van der Waals surface area contributed by atoms with E-state index in [1.54, 1.807) is 12.3 Å². The predicted octanol–water partition coefficient (Wildman–Crippen LogP) is 2.27.